The molecular weight excluding hydrogens is 210 g/mol. The van der Waals surface area contributed by atoms with Crippen molar-refractivity contribution in [3.63, 3.8) is 0 Å². The predicted molar refractivity (Wildman–Crippen MR) is 55.5 cm³/mol. The van der Waals surface area contributed by atoms with Gasteiger partial charge in [-0.2, -0.15) is 5.26 Å². The Morgan fingerprint density at radius 1 is 1.62 bits per heavy atom. The van der Waals surface area contributed by atoms with Crippen LogP contribution in [0.2, 0.25) is 0 Å². The Morgan fingerprint density at radius 2 is 2.31 bits per heavy atom. The van der Waals surface area contributed by atoms with E-state index in [2.05, 4.69) is 5.32 Å². The zero-order chi connectivity index (χ0) is 12.2. The molecular formula is C10H15N3O3. The minimum atomic E-state index is -0.954. The summed E-state index contributed by atoms with van der Waals surface area (Å²) in [6.07, 6.45) is 1.32. The number of hydrogen-bond donors (Lipinski definition) is 2. The normalized spacial score (nSPS) is 25.0. The third-order valence-corrected chi connectivity index (χ3v) is 2.95. The van der Waals surface area contributed by atoms with Crippen LogP contribution in [0.5, 0.6) is 0 Å². The quantitative estimate of drug-likeness (QED) is 0.633. The average Bonchev–Trinajstić information content (AvgIpc) is 2.59. The highest BCUT2D eigenvalue weighted by molar-refractivity contribution is 5.82. The van der Waals surface area contributed by atoms with E-state index in [1.165, 1.54) is 0 Å². The molecule has 0 radical (unpaired) electrons. The number of rotatable bonds is 4. The van der Waals surface area contributed by atoms with Gasteiger partial charge in [-0.25, -0.2) is 0 Å². The fourth-order valence-electron chi connectivity index (χ4n) is 1.88. The van der Waals surface area contributed by atoms with Crippen LogP contribution in [-0.2, 0) is 9.59 Å². The van der Waals surface area contributed by atoms with E-state index in [0.717, 1.165) is 6.42 Å². The molecule has 0 aromatic heterocycles. The molecule has 0 aliphatic carbocycles. The minimum Gasteiger partial charge on any atom is -0.480 e. The highest BCUT2D eigenvalue weighted by atomic mass is 16.4. The number of aliphatic carboxylic acids is 1. The SMILES string of the molecule is CC1(C(=O)O)CCCN1CC(=O)NCC#N. The molecule has 0 bridgehead atoms. The second-order valence-corrected chi connectivity index (χ2v) is 4.04. The Kier molecular flexibility index (Phi) is 3.85. The lowest BCUT2D eigenvalue weighted by Crippen LogP contribution is -2.51. The van der Waals surface area contributed by atoms with Crippen LogP contribution in [0, 0.1) is 11.3 Å². The number of nitrogens with one attached hydrogen (secondary N) is 1. The van der Waals surface area contributed by atoms with E-state index in [4.69, 9.17) is 10.4 Å². The molecule has 0 aromatic rings. The van der Waals surface area contributed by atoms with Gasteiger partial charge in [0, 0.05) is 0 Å². The van der Waals surface area contributed by atoms with Gasteiger partial charge in [0.1, 0.15) is 12.1 Å². The summed E-state index contributed by atoms with van der Waals surface area (Å²) in [7, 11) is 0. The van der Waals surface area contributed by atoms with Crippen molar-refractivity contribution in [2.45, 2.75) is 25.3 Å². The van der Waals surface area contributed by atoms with E-state index >= 15 is 0 Å². The van der Waals surface area contributed by atoms with Crippen molar-refractivity contribution in [1.82, 2.24) is 10.2 Å². The topological polar surface area (TPSA) is 93.4 Å². The lowest BCUT2D eigenvalue weighted by molar-refractivity contribution is -0.149. The molecule has 0 spiro atoms. The summed E-state index contributed by atoms with van der Waals surface area (Å²) >= 11 is 0. The highest BCUT2D eigenvalue weighted by Crippen LogP contribution is 2.28. The van der Waals surface area contributed by atoms with E-state index in [-0.39, 0.29) is 19.0 Å². The molecule has 1 amide bonds. The molecule has 88 valence electrons. The van der Waals surface area contributed by atoms with E-state index < -0.39 is 11.5 Å². The largest absolute Gasteiger partial charge is 0.480 e. The number of amides is 1. The predicted octanol–water partition coefficient (Wildman–Crippen LogP) is -0.435. The molecule has 1 atom stereocenters. The summed E-state index contributed by atoms with van der Waals surface area (Å²) in [4.78, 5) is 24.1. The molecule has 2 N–H and O–H groups in total. The Hall–Kier alpha value is -1.61. The van der Waals surface area contributed by atoms with Crippen LogP contribution in [0.1, 0.15) is 19.8 Å². The molecule has 0 aromatic carbocycles. The molecule has 16 heavy (non-hydrogen) atoms. The first-order valence-corrected chi connectivity index (χ1v) is 5.13. The summed E-state index contributed by atoms with van der Waals surface area (Å²) < 4.78 is 0. The van der Waals surface area contributed by atoms with Gasteiger partial charge in [0.05, 0.1) is 12.6 Å². The van der Waals surface area contributed by atoms with Crippen molar-refractivity contribution >= 4 is 11.9 Å². The van der Waals surface area contributed by atoms with Crippen molar-refractivity contribution < 1.29 is 14.7 Å². The first kappa shape index (κ1) is 12.5. The maximum atomic E-state index is 11.4. The van der Waals surface area contributed by atoms with E-state index in [0.29, 0.717) is 13.0 Å². The van der Waals surface area contributed by atoms with Crippen molar-refractivity contribution in [3.8, 4) is 6.07 Å². The molecule has 6 nitrogen and oxygen atoms in total. The summed E-state index contributed by atoms with van der Waals surface area (Å²) in [5, 5.41) is 19.8. The van der Waals surface area contributed by atoms with Gasteiger partial charge < -0.3 is 10.4 Å². The Labute approximate surface area is 93.8 Å². The Bertz CT molecular complexity index is 337. The molecule has 0 saturated carbocycles. The number of hydrogen-bond acceptors (Lipinski definition) is 4. The van der Waals surface area contributed by atoms with Crippen LogP contribution in [0.3, 0.4) is 0 Å². The second kappa shape index (κ2) is 4.94. The number of carbonyl (C=O) groups excluding carboxylic acids is 1. The number of nitrogens with zero attached hydrogens (tertiary/aromatic N) is 2. The first-order valence-electron chi connectivity index (χ1n) is 5.13. The Morgan fingerprint density at radius 3 is 2.88 bits per heavy atom. The van der Waals surface area contributed by atoms with Crippen molar-refractivity contribution in [1.29, 1.82) is 5.26 Å². The molecule has 1 unspecified atom stereocenters. The summed E-state index contributed by atoms with van der Waals surface area (Å²) in [6, 6.07) is 1.80. The summed E-state index contributed by atoms with van der Waals surface area (Å²) in [5.74, 6) is -1.21. The number of nitriles is 1. The van der Waals surface area contributed by atoms with Crippen molar-refractivity contribution in [2.75, 3.05) is 19.6 Å². The smallest absolute Gasteiger partial charge is 0.323 e. The van der Waals surface area contributed by atoms with Gasteiger partial charge in [0.25, 0.3) is 0 Å². The van der Waals surface area contributed by atoms with Gasteiger partial charge in [-0.1, -0.05) is 0 Å². The van der Waals surface area contributed by atoms with Crippen molar-refractivity contribution in [2.24, 2.45) is 0 Å². The van der Waals surface area contributed by atoms with Gasteiger partial charge in [-0.05, 0) is 26.3 Å². The molecule has 1 fully saturated rings. The summed E-state index contributed by atoms with van der Waals surface area (Å²) in [6.45, 7) is 2.21. The fourth-order valence-corrected chi connectivity index (χ4v) is 1.88. The minimum absolute atomic E-state index is 0.0322. The number of likely N-dealkylation sites (tertiary alicyclic amines) is 1. The Balaban J connectivity index is 2.57. The van der Waals surface area contributed by atoms with Crippen LogP contribution in [-0.4, -0.2) is 47.1 Å². The van der Waals surface area contributed by atoms with Crippen LogP contribution in [0.15, 0.2) is 0 Å². The maximum absolute atomic E-state index is 11.4. The standard InChI is InChI=1S/C10H15N3O3/c1-10(9(15)16)3-2-6-13(10)7-8(14)12-5-4-11/h2-3,5-7H2,1H3,(H,12,14)(H,15,16). The number of carboxylic acids is 1. The summed E-state index contributed by atoms with van der Waals surface area (Å²) in [5.41, 5.74) is -0.954. The average molecular weight is 225 g/mol. The van der Waals surface area contributed by atoms with Gasteiger partial charge in [-0.3, -0.25) is 14.5 Å². The monoisotopic (exact) mass is 225 g/mol. The molecule has 1 aliphatic heterocycles. The fraction of sp³-hybridized carbons (Fsp3) is 0.700. The maximum Gasteiger partial charge on any atom is 0.323 e. The van der Waals surface area contributed by atoms with E-state index in [1.54, 1.807) is 17.9 Å². The molecule has 6 heteroatoms. The molecule has 1 rings (SSSR count). The molecule has 1 aliphatic rings. The highest BCUT2D eigenvalue weighted by Gasteiger charge is 2.43. The second-order valence-electron chi connectivity index (χ2n) is 4.04. The first-order chi connectivity index (χ1) is 7.50. The number of carbonyl (C=O) groups is 2. The third-order valence-electron chi connectivity index (χ3n) is 2.95. The van der Waals surface area contributed by atoms with Crippen LogP contribution in [0.25, 0.3) is 0 Å². The molecule has 1 heterocycles. The van der Waals surface area contributed by atoms with Gasteiger partial charge in [0.15, 0.2) is 0 Å². The van der Waals surface area contributed by atoms with Gasteiger partial charge in [0.2, 0.25) is 5.91 Å². The molecule has 1 saturated heterocycles. The van der Waals surface area contributed by atoms with E-state index in [9.17, 15) is 9.59 Å². The van der Waals surface area contributed by atoms with Gasteiger partial charge in [-0.15, -0.1) is 0 Å². The third kappa shape index (κ3) is 2.49. The van der Waals surface area contributed by atoms with Crippen LogP contribution in [0.4, 0.5) is 0 Å². The van der Waals surface area contributed by atoms with E-state index in [1.807, 2.05) is 0 Å². The zero-order valence-electron chi connectivity index (χ0n) is 9.19. The van der Waals surface area contributed by atoms with Gasteiger partial charge >= 0.3 is 5.97 Å². The van der Waals surface area contributed by atoms with Crippen LogP contribution < -0.4 is 5.32 Å². The van der Waals surface area contributed by atoms with Crippen molar-refractivity contribution in [3.05, 3.63) is 0 Å². The number of carboxylic acid groups (broad SMARTS) is 1. The zero-order valence-corrected chi connectivity index (χ0v) is 9.19. The van der Waals surface area contributed by atoms with Crippen LogP contribution >= 0.6 is 0 Å². The lowest BCUT2D eigenvalue weighted by atomic mass is 9.99. The lowest BCUT2D eigenvalue weighted by Gasteiger charge is -2.30.